The van der Waals surface area contributed by atoms with Crippen LogP contribution in [0.15, 0.2) is 0 Å². The van der Waals surface area contributed by atoms with Crippen molar-refractivity contribution in [3.8, 4) is 0 Å². The van der Waals surface area contributed by atoms with E-state index in [4.69, 9.17) is 10.8 Å². The molecule has 3 N–H and O–H groups in total. The Morgan fingerprint density at radius 3 is 2.57 bits per heavy atom. The monoisotopic (exact) mass is 121 g/mol. The van der Waals surface area contributed by atoms with E-state index >= 15 is 0 Å². The number of thioether (sulfide) groups is 1. The van der Waals surface area contributed by atoms with Gasteiger partial charge < -0.3 is 10.8 Å². The van der Waals surface area contributed by atoms with Gasteiger partial charge in [0.1, 0.15) is 0 Å². The molecule has 0 aromatic carbocycles. The second-order valence-electron chi connectivity index (χ2n) is 1.40. The summed E-state index contributed by atoms with van der Waals surface area (Å²) in [4.78, 5) is 0. The molecule has 1 unspecified atom stereocenters. The molecule has 0 aliphatic rings. The molecule has 3 heteroatoms. The topological polar surface area (TPSA) is 46.2 Å². The smallest absolute Gasteiger partial charge is 0.0590 e. The van der Waals surface area contributed by atoms with Crippen molar-refractivity contribution in [1.82, 2.24) is 0 Å². The molecule has 44 valence electrons. The highest BCUT2D eigenvalue weighted by Crippen LogP contribution is 1.91. The number of hydrogen-bond acceptors (Lipinski definition) is 3. The van der Waals surface area contributed by atoms with E-state index < -0.39 is 0 Å². The lowest BCUT2D eigenvalue weighted by Crippen LogP contribution is -2.26. The zero-order valence-electron chi connectivity index (χ0n) is 4.42. The van der Waals surface area contributed by atoms with Gasteiger partial charge in [0.25, 0.3) is 0 Å². The highest BCUT2D eigenvalue weighted by Gasteiger charge is 1.94. The molecule has 0 radical (unpaired) electrons. The first-order valence-electron chi connectivity index (χ1n) is 2.16. The zero-order valence-corrected chi connectivity index (χ0v) is 5.24. The number of nitrogens with two attached hydrogens (primary N) is 1. The van der Waals surface area contributed by atoms with Crippen LogP contribution in [0.5, 0.6) is 0 Å². The van der Waals surface area contributed by atoms with Crippen molar-refractivity contribution in [2.45, 2.75) is 6.04 Å². The van der Waals surface area contributed by atoms with Gasteiger partial charge in [-0.05, 0) is 6.26 Å². The first-order chi connectivity index (χ1) is 3.31. The van der Waals surface area contributed by atoms with E-state index in [0.29, 0.717) is 0 Å². The standard InChI is InChI=1S/C4H11NOS/c1-7-3-4(5)2-6/h4,6H,2-3,5H2,1H3. The van der Waals surface area contributed by atoms with Crippen LogP contribution in [-0.2, 0) is 0 Å². The molecule has 0 bridgehead atoms. The fraction of sp³-hybridized carbons (Fsp3) is 1.00. The van der Waals surface area contributed by atoms with Crippen molar-refractivity contribution in [1.29, 1.82) is 0 Å². The van der Waals surface area contributed by atoms with Crippen LogP contribution in [0.3, 0.4) is 0 Å². The van der Waals surface area contributed by atoms with Crippen LogP contribution < -0.4 is 5.73 Å². The fourth-order valence-corrected chi connectivity index (χ4v) is 0.800. The van der Waals surface area contributed by atoms with Crippen LogP contribution in [0.1, 0.15) is 0 Å². The van der Waals surface area contributed by atoms with Gasteiger partial charge in [-0.2, -0.15) is 11.8 Å². The fourth-order valence-electron chi connectivity index (χ4n) is 0.267. The third-order valence-electron chi connectivity index (χ3n) is 0.615. The summed E-state index contributed by atoms with van der Waals surface area (Å²) < 4.78 is 0. The van der Waals surface area contributed by atoms with Crippen molar-refractivity contribution in [2.24, 2.45) is 5.73 Å². The lowest BCUT2D eigenvalue weighted by molar-refractivity contribution is 0.275. The van der Waals surface area contributed by atoms with E-state index in [1.165, 1.54) is 0 Å². The largest absolute Gasteiger partial charge is 0.395 e. The normalized spacial score (nSPS) is 14.1. The molecule has 0 aromatic rings. The first-order valence-corrected chi connectivity index (χ1v) is 3.56. The molecule has 0 fully saturated rings. The first kappa shape index (κ1) is 7.27. The number of hydrogen-bond donors (Lipinski definition) is 2. The Labute approximate surface area is 48.1 Å². The van der Waals surface area contributed by atoms with Crippen molar-refractivity contribution in [3.63, 3.8) is 0 Å². The van der Waals surface area contributed by atoms with Gasteiger partial charge >= 0.3 is 0 Å². The van der Waals surface area contributed by atoms with Gasteiger partial charge in [0.2, 0.25) is 0 Å². The van der Waals surface area contributed by atoms with E-state index in [9.17, 15) is 0 Å². The van der Waals surface area contributed by atoms with Gasteiger partial charge in [-0.15, -0.1) is 0 Å². The zero-order chi connectivity index (χ0) is 5.70. The van der Waals surface area contributed by atoms with Gasteiger partial charge in [-0.1, -0.05) is 0 Å². The van der Waals surface area contributed by atoms with Crippen molar-refractivity contribution in [3.05, 3.63) is 0 Å². The van der Waals surface area contributed by atoms with E-state index in [1.807, 2.05) is 6.26 Å². The summed E-state index contributed by atoms with van der Waals surface area (Å²) in [7, 11) is 0. The molecule has 1 atom stereocenters. The highest BCUT2D eigenvalue weighted by molar-refractivity contribution is 7.98. The van der Waals surface area contributed by atoms with Crippen molar-refractivity contribution in [2.75, 3.05) is 18.6 Å². The van der Waals surface area contributed by atoms with Gasteiger partial charge in [-0.25, -0.2) is 0 Å². The summed E-state index contributed by atoms with van der Waals surface area (Å²) in [5.41, 5.74) is 5.31. The number of rotatable bonds is 3. The molecule has 0 aliphatic carbocycles. The van der Waals surface area contributed by atoms with Crippen molar-refractivity contribution >= 4 is 11.8 Å². The third-order valence-corrected chi connectivity index (χ3v) is 1.38. The van der Waals surface area contributed by atoms with E-state index in [0.717, 1.165) is 5.75 Å². The molecule has 0 saturated heterocycles. The minimum atomic E-state index is -0.0324. The van der Waals surface area contributed by atoms with E-state index in [-0.39, 0.29) is 12.6 Å². The Morgan fingerprint density at radius 2 is 2.43 bits per heavy atom. The molecular formula is C4H11NOS. The van der Waals surface area contributed by atoms with Gasteiger partial charge in [0, 0.05) is 11.8 Å². The summed E-state index contributed by atoms with van der Waals surface area (Å²) in [5.74, 6) is 0.844. The van der Waals surface area contributed by atoms with Crippen molar-refractivity contribution < 1.29 is 5.11 Å². The number of aliphatic hydroxyl groups is 1. The Kier molecular flexibility index (Phi) is 4.60. The Balaban J connectivity index is 2.83. The summed E-state index contributed by atoms with van der Waals surface area (Å²) in [6.07, 6.45) is 1.97. The third kappa shape index (κ3) is 4.12. The molecule has 0 aromatic heterocycles. The SMILES string of the molecule is CSCC(N)CO. The quantitative estimate of drug-likeness (QED) is 0.537. The molecular weight excluding hydrogens is 110 g/mol. The predicted molar refractivity (Wildman–Crippen MR) is 33.4 cm³/mol. The molecule has 2 nitrogen and oxygen atoms in total. The molecule has 0 spiro atoms. The summed E-state index contributed by atoms with van der Waals surface area (Å²) in [6.45, 7) is 0.0981. The Bertz CT molecular complexity index is 42.7. The molecule has 0 heterocycles. The van der Waals surface area contributed by atoms with Crippen LogP contribution in [-0.4, -0.2) is 29.8 Å². The van der Waals surface area contributed by atoms with Crippen LogP contribution in [0.2, 0.25) is 0 Å². The average molecular weight is 121 g/mol. The van der Waals surface area contributed by atoms with Gasteiger partial charge in [-0.3, -0.25) is 0 Å². The predicted octanol–water partition coefficient (Wildman–Crippen LogP) is -0.331. The molecule has 0 aliphatic heterocycles. The van der Waals surface area contributed by atoms with Crippen LogP contribution in [0, 0.1) is 0 Å². The average Bonchev–Trinajstić information content (AvgIpc) is 1.68. The molecule has 0 saturated carbocycles. The highest BCUT2D eigenvalue weighted by atomic mass is 32.2. The maximum Gasteiger partial charge on any atom is 0.0590 e. The van der Waals surface area contributed by atoms with Gasteiger partial charge in [0.05, 0.1) is 6.61 Å². The molecule has 0 amide bonds. The van der Waals surface area contributed by atoms with Gasteiger partial charge in [0.15, 0.2) is 0 Å². The minimum Gasteiger partial charge on any atom is -0.395 e. The lowest BCUT2D eigenvalue weighted by atomic mass is 10.4. The number of aliphatic hydroxyl groups excluding tert-OH is 1. The maximum atomic E-state index is 8.33. The van der Waals surface area contributed by atoms with E-state index in [2.05, 4.69) is 0 Å². The Morgan fingerprint density at radius 1 is 1.86 bits per heavy atom. The molecule has 0 rings (SSSR count). The second-order valence-corrected chi connectivity index (χ2v) is 2.31. The summed E-state index contributed by atoms with van der Waals surface area (Å²) in [5, 5.41) is 8.33. The molecule has 7 heavy (non-hydrogen) atoms. The second kappa shape index (κ2) is 4.43. The minimum absolute atomic E-state index is 0.0324. The maximum absolute atomic E-state index is 8.33. The van der Waals surface area contributed by atoms with Crippen LogP contribution in [0.4, 0.5) is 0 Å². The Hall–Kier alpha value is 0.270. The van der Waals surface area contributed by atoms with Crippen LogP contribution >= 0.6 is 11.8 Å². The summed E-state index contributed by atoms with van der Waals surface area (Å²) in [6, 6.07) is -0.0324. The van der Waals surface area contributed by atoms with E-state index in [1.54, 1.807) is 11.8 Å². The van der Waals surface area contributed by atoms with Crippen LogP contribution in [0.25, 0.3) is 0 Å². The lowest BCUT2D eigenvalue weighted by Gasteiger charge is -2.02. The summed E-state index contributed by atoms with van der Waals surface area (Å²) >= 11 is 1.65.